The van der Waals surface area contributed by atoms with E-state index in [4.69, 9.17) is 9.15 Å². The smallest absolute Gasteiger partial charge is 0.339 e. The van der Waals surface area contributed by atoms with Gasteiger partial charge in [-0.1, -0.05) is 0 Å². The lowest BCUT2D eigenvalue weighted by Crippen LogP contribution is -2.37. The summed E-state index contributed by atoms with van der Waals surface area (Å²) in [5, 5.41) is 5.37. The fourth-order valence-electron chi connectivity index (χ4n) is 4.12. The molecular weight excluding hydrogens is 396 g/mol. The second-order valence-corrected chi connectivity index (χ2v) is 8.58. The van der Waals surface area contributed by atoms with Gasteiger partial charge in [-0.05, 0) is 56.9 Å². The highest BCUT2D eigenvalue weighted by Gasteiger charge is 2.30. The molecule has 1 saturated carbocycles. The van der Waals surface area contributed by atoms with Crippen molar-refractivity contribution in [3.8, 4) is 5.75 Å². The van der Waals surface area contributed by atoms with Crippen molar-refractivity contribution < 1.29 is 13.9 Å². The van der Waals surface area contributed by atoms with Gasteiger partial charge in [-0.3, -0.25) is 4.79 Å². The maximum absolute atomic E-state index is 12.9. The van der Waals surface area contributed by atoms with Gasteiger partial charge in [0.15, 0.2) is 12.4 Å². The Kier molecular flexibility index (Phi) is 4.79. The standard InChI is InChI=1S/C23H26N4O4/c1-13-10-17(21-14(2)15(3)23(29)31-18(21)11-13)30-12-20(28)26-7-6-19-24-22(16-4-5-16)25-27(19)9-8-26/h10-11,16H,4-9,12H2,1-3H3. The summed E-state index contributed by atoms with van der Waals surface area (Å²) < 4.78 is 13.4. The van der Waals surface area contributed by atoms with E-state index in [0.29, 0.717) is 48.9 Å². The molecule has 162 valence electrons. The Hall–Kier alpha value is -3.16. The number of ether oxygens (including phenoxy) is 1. The molecule has 0 N–H and O–H groups in total. The van der Waals surface area contributed by atoms with Gasteiger partial charge >= 0.3 is 5.63 Å². The summed E-state index contributed by atoms with van der Waals surface area (Å²) in [6.45, 7) is 7.28. The second-order valence-electron chi connectivity index (χ2n) is 8.58. The molecule has 0 saturated heterocycles. The lowest BCUT2D eigenvalue weighted by molar-refractivity contribution is -0.133. The van der Waals surface area contributed by atoms with Gasteiger partial charge in [0, 0.05) is 31.0 Å². The van der Waals surface area contributed by atoms with Crippen molar-refractivity contribution >= 4 is 16.9 Å². The van der Waals surface area contributed by atoms with Crippen molar-refractivity contribution in [2.75, 3.05) is 19.7 Å². The Labute approximate surface area is 179 Å². The van der Waals surface area contributed by atoms with E-state index in [0.717, 1.165) is 28.2 Å². The van der Waals surface area contributed by atoms with Crippen LogP contribution in [-0.2, 0) is 17.8 Å². The van der Waals surface area contributed by atoms with Crippen LogP contribution in [0.2, 0.25) is 0 Å². The molecule has 8 heteroatoms. The Morgan fingerprint density at radius 2 is 1.97 bits per heavy atom. The average Bonchev–Trinajstić information content (AvgIpc) is 3.54. The highest BCUT2D eigenvalue weighted by Crippen LogP contribution is 2.38. The molecule has 0 spiro atoms. The maximum Gasteiger partial charge on any atom is 0.339 e. The Morgan fingerprint density at radius 1 is 1.16 bits per heavy atom. The molecule has 1 fully saturated rings. The van der Waals surface area contributed by atoms with E-state index >= 15 is 0 Å². The zero-order valence-corrected chi connectivity index (χ0v) is 18.1. The van der Waals surface area contributed by atoms with E-state index in [9.17, 15) is 9.59 Å². The first-order valence-electron chi connectivity index (χ1n) is 10.8. The van der Waals surface area contributed by atoms with E-state index in [2.05, 4.69) is 10.1 Å². The normalized spacial score (nSPS) is 16.3. The fraction of sp³-hybridized carbons (Fsp3) is 0.478. The number of aryl methyl sites for hydroxylation is 2. The lowest BCUT2D eigenvalue weighted by atomic mass is 10.0. The number of hydrogen-bond donors (Lipinski definition) is 0. The molecule has 1 aromatic carbocycles. The van der Waals surface area contributed by atoms with Crippen LogP contribution in [0.5, 0.6) is 5.75 Å². The zero-order valence-electron chi connectivity index (χ0n) is 18.1. The van der Waals surface area contributed by atoms with Crippen molar-refractivity contribution in [2.45, 2.75) is 52.5 Å². The minimum Gasteiger partial charge on any atom is -0.483 e. The number of amides is 1. The number of rotatable bonds is 4. The zero-order chi connectivity index (χ0) is 21.7. The van der Waals surface area contributed by atoms with Crippen molar-refractivity contribution in [1.82, 2.24) is 19.7 Å². The number of hydrogen-bond acceptors (Lipinski definition) is 6. The molecule has 0 atom stereocenters. The third kappa shape index (κ3) is 3.71. The number of nitrogens with zero attached hydrogens (tertiary/aromatic N) is 4. The molecule has 8 nitrogen and oxygen atoms in total. The quantitative estimate of drug-likeness (QED) is 0.601. The summed E-state index contributed by atoms with van der Waals surface area (Å²) in [6.07, 6.45) is 3.06. The Bertz CT molecular complexity index is 1210. The first-order chi connectivity index (χ1) is 14.9. The highest BCUT2D eigenvalue weighted by atomic mass is 16.5. The largest absolute Gasteiger partial charge is 0.483 e. The lowest BCUT2D eigenvalue weighted by Gasteiger charge is -2.20. The molecule has 0 unspecified atom stereocenters. The summed E-state index contributed by atoms with van der Waals surface area (Å²) in [7, 11) is 0. The van der Waals surface area contributed by atoms with Gasteiger partial charge in [-0.25, -0.2) is 14.5 Å². The molecule has 2 aliphatic rings. The van der Waals surface area contributed by atoms with Crippen LogP contribution in [0.3, 0.4) is 0 Å². The van der Waals surface area contributed by atoms with Crippen LogP contribution < -0.4 is 10.4 Å². The third-order valence-electron chi connectivity index (χ3n) is 6.25. The average molecular weight is 422 g/mol. The number of carbonyl (C=O) groups excluding carboxylic acids is 1. The van der Waals surface area contributed by atoms with Crippen LogP contribution in [0.4, 0.5) is 0 Å². The third-order valence-corrected chi connectivity index (χ3v) is 6.25. The van der Waals surface area contributed by atoms with E-state index in [1.165, 1.54) is 12.8 Å². The van der Waals surface area contributed by atoms with Crippen molar-refractivity contribution in [2.24, 2.45) is 0 Å². The molecule has 1 amide bonds. The monoisotopic (exact) mass is 422 g/mol. The number of fused-ring (bicyclic) bond motifs is 2. The second kappa shape index (κ2) is 7.51. The fourth-order valence-corrected chi connectivity index (χ4v) is 4.12. The molecule has 0 bridgehead atoms. The van der Waals surface area contributed by atoms with Gasteiger partial charge in [0.2, 0.25) is 0 Å². The highest BCUT2D eigenvalue weighted by molar-refractivity contribution is 5.88. The predicted octanol–water partition coefficient (Wildman–Crippen LogP) is 2.65. The molecule has 3 heterocycles. The van der Waals surface area contributed by atoms with E-state index in [1.54, 1.807) is 6.92 Å². The molecule has 2 aromatic heterocycles. The Morgan fingerprint density at radius 3 is 2.74 bits per heavy atom. The minimum absolute atomic E-state index is 0.0702. The van der Waals surface area contributed by atoms with Crippen LogP contribution in [0.1, 0.15) is 47.1 Å². The van der Waals surface area contributed by atoms with Crippen molar-refractivity contribution in [3.63, 3.8) is 0 Å². The van der Waals surface area contributed by atoms with Crippen LogP contribution in [0.25, 0.3) is 11.0 Å². The van der Waals surface area contributed by atoms with Crippen LogP contribution in [0.15, 0.2) is 21.3 Å². The summed E-state index contributed by atoms with van der Waals surface area (Å²) >= 11 is 0. The molecule has 31 heavy (non-hydrogen) atoms. The predicted molar refractivity (Wildman–Crippen MR) is 114 cm³/mol. The summed E-state index contributed by atoms with van der Waals surface area (Å²) in [6, 6.07) is 3.69. The SMILES string of the molecule is Cc1cc(OCC(=O)N2CCc3nc(C4CC4)nn3CC2)c2c(C)c(C)c(=O)oc2c1. The summed E-state index contributed by atoms with van der Waals surface area (Å²) in [4.78, 5) is 31.4. The minimum atomic E-state index is -0.349. The maximum atomic E-state index is 12.9. The van der Waals surface area contributed by atoms with E-state index < -0.39 is 0 Å². The molecule has 0 radical (unpaired) electrons. The van der Waals surface area contributed by atoms with E-state index in [1.807, 2.05) is 35.6 Å². The summed E-state index contributed by atoms with van der Waals surface area (Å²) in [5.74, 6) is 2.94. The molecule has 5 rings (SSSR count). The van der Waals surface area contributed by atoms with Gasteiger partial charge in [0.05, 0.1) is 11.9 Å². The van der Waals surface area contributed by atoms with Crippen molar-refractivity contribution in [3.05, 3.63) is 50.9 Å². The molecule has 1 aliphatic carbocycles. The summed E-state index contributed by atoms with van der Waals surface area (Å²) in [5.41, 5.74) is 2.39. The first kappa shape index (κ1) is 19.8. The van der Waals surface area contributed by atoms with Gasteiger partial charge in [-0.15, -0.1) is 0 Å². The van der Waals surface area contributed by atoms with Gasteiger partial charge in [0.25, 0.3) is 5.91 Å². The van der Waals surface area contributed by atoms with E-state index in [-0.39, 0.29) is 18.1 Å². The van der Waals surface area contributed by atoms with Crippen LogP contribution in [-0.4, -0.2) is 45.3 Å². The first-order valence-corrected chi connectivity index (χ1v) is 10.8. The van der Waals surface area contributed by atoms with Crippen LogP contribution in [0, 0.1) is 20.8 Å². The topological polar surface area (TPSA) is 90.5 Å². The van der Waals surface area contributed by atoms with Gasteiger partial charge < -0.3 is 14.1 Å². The number of aromatic nitrogens is 3. The molecular formula is C23H26N4O4. The van der Waals surface area contributed by atoms with Crippen LogP contribution >= 0.6 is 0 Å². The van der Waals surface area contributed by atoms with Gasteiger partial charge in [-0.2, -0.15) is 5.10 Å². The Balaban J connectivity index is 1.30. The van der Waals surface area contributed by atoms with Crippen molar-refractivity contribution in [1.29, 1.82) is 0 Å². The molecule has 3 aromatic rings. The number of carbonyl (C=O) groups is 1. The molecule has 1 aliphatic heterocycles. The van der Waals surface area contributed by atoms with Gasteiger partial charge in [0.1, 0.15) is 17.2 Å². The number of benzene rings is 1.